The van der Waals surface area contributed by atoms with E-state index in [-0.39, 0.29) is 5.38 Å². The highest BCUT2D eigenvalue weighted by atomic mass is 35.5. The third kappa shape index (κ3) is 4.49. The fraction of sp³-hybridized carbons (Fsp3) is 0.667. The van der Waals surface area contributed by atoms with E-state index in [1.165, 1.54) is 56.3 Å². The topological polar surface area (TPSA) is 3.24 Å². The Hall–Kier alpha value is -0.530. The molecule has 112 valence electrons. The highest BCUT2D eigenvalue weighted by molar-refractivity contribution is 6.21. The van der Waals surface area contributed by atoms with E-state index < -0.39 is 0 Å². The van der Waals surface area contributed by atoms with Gasteiger partial charge in [0, 0.05) is 6.54 Å². The largest absolute Gasteiger partial charge is 0.302 e. The maximum Gasteiger partial charge on any atom is 0.0712 e. The van der Waals surface area contributed by atoms with E-state index in [0.717, 1.165) is 6.54 Å². The van der Waals surface area contributed by atoms with Crippen LogP contribution in [-0.2, 0) is 0 Å². The number of benzene rings is 1. The van der Waals surface area contributed by atoms with Crippen LogP contribution in [0.3, 0.4) is 0 Å². The third-order valence-electron chi connectivity index (χ3n) is 4.60. The van der Waals surface area contributed by atoms with Crippen LogP contribution in [0.4, 0.5) is 0 Å². The molecule has 1 aromatic rings. The molecule has 1 aliphatic heterocycles. The number of hydrogen-bond donors (Lipinski definition) is 0. The van der Waals surface area contributed by atoms with Gasteiger partial charge in [0.25, 0.3) is 0 Å². The summed E-state index contributed by atoms with van der Waals surface area (Å²) in [6.45, 7) is 7.94. The highest BCUT2D eigenvalue weighted by Crippen LogP contribution is 2.26. The van der Waals surface area contributed by atoms with Crippen molar-refractivity contribution in [3.8, 4) is 0 Å². The lowest BCUT2D eigenvalue weighted by Gasteiger charge is -2.23. The summed E-state index contributed by atoms with van der Waals surface area (Å²) in [6.07, 6.45) is 6.62. The minimum absolute atomic E-state index is 0.124. The normalized spacial score (nSPS) is 20.4. The van der Waals surface area contributed by atoms with Gasteiger partial charge in [-0.25, -0.2) is 0 Å². The summed E-state index contributed by atoms with van der Waals surface area (Å²) in [4.78, 5) is 2.53. The number of rotatable bonds is 5. The Morgan fingerprint density at radius 2 is 1.55 bits per heavy atom. The van der Waals surface area contributed by atoms with Gasteiger partial charge < -0.3 is 4.90 Å². The second kappa shape index (κ2) is 8.05. The third-order valence-corrected chi connectivity index (χ3v) is 4.99. The maximum atomic E-state index is 6.62. The van der Waals surface area contributed by atoms with Crippen molar-refractivity contribution in [3.63, 3.8) is 0 Å². The predicted molar refractivity (Wildman–Crippen MR) is 88.7 cm³/mol. The second-order valence-corrected chi connectivity index (χ2v) is 6.69. The summed E-state index contributed by atoms with van der Waals surface area (Å²) in [5.74, 6) is 0.642. The Kier molecular flexibility index (Phi) is 6.38. The quantitative estimate of drug-likeness (QED) is 0.661. The molecule has 2 heteroatoms. The van der Waals surface area contributed by atoms with Crippen LogP contribution in [0.15, 0.2) is 24.3 Å². The van der Waals surface area contributed by atoms with E-state index in [2.05, 4.69) is 43.0 Å². The molecule has 0 aliphatic carbocycles. The van der Waals surface area contributed by atoms with Gasteiger partial charge in [0.1, 0.15) is 0 Å². The summed E-state index contributed by atoms with van der Waals surface area (Å²) >= 11 is 6.62. The Bertz CT molecular complexity index is 379. The number of nitrogens with zero attached hydrogens (tertiary/aromatic N) is 1. The van der Waals surface area contributed by atoms with Crippen molar-refractivity contribution in [2.45, 2.75) is 57.2 Å². The van der Waals surface area contributed by atoms with Gasteiger partial charge in [0.05, 0.1) is 5.38 Å². The van der Waals surface area contributed by atoms with Gasteiger partial charge in [-0.2, -0.15) is 0 Å². The Labute approximate surface area is 129 Å². The Morgan fingerprint density at radius 3 is 2.10 bits per heavy atom. The van der Waals surface area contributed by atoms with Gasteiger partial charge in [-0.3, -0.25) is 0 Å². The lowest BCUT2D eigenvalue weighted by atomic mass is 9.97. The van der Waals surface area contributed by atoms with Crippen LogP contribution in [0, 0.1) is 0 Å². The van der Waals surface area contributed by atoms with E-state index in [4.69, 9.17) is 11.6 Å². The van der Waals surface area contributed by atoms with Crippen LogP contribution in [-0.4, -0.2) is 24.5 Å². The molecule has 1 saturated heterocycles. The maximum absolute atomic E-state index is 6.62. The molecule has 2 atom stereocenters. The summed E-state index contributed by atoms with van der Waals surface area (Å²) < 4.78 is 0. The van der Waals surface area contributed by atoms with E-state index in [9.17, 15) is 0 Å². The molecule has 0 bridgehead atoms. The smallest absolute Gasteiger partial charge is 0.0712 e. The molecule has 20 heavy (non-hydrogen) atoms. The van der Waals surface area contributed by atoms with E-state index in [0.29, 0.717) is 5.92 Å². The van der Waals surface area contributed by atoms with Crippen LogP contribution >= 0.6 is 11.6 Å². The van der Waals surface area contributed by atoms with Crippen LogP contribution in [0.5, 0.6) is 0 Å². The van der Waals surface area contributed by atoms with E-state index in [1.807, 2.05) is 0 Å². The summed E-state index contributed by atoms with van der Waals surface area (Å²) in [6, 6.07) is 8.94. The molecule has 1 aromatic carbocycles. The van der Waals surface area contributed by atoms with Crippen molar-refractivity contribution in [1.82, 2.24) is 4.90 Å². The standard InChI is InChI=1S/C18H28ClN/c1-3-15(2)16-8-10-17(11-9-16)18(19)14-20-12-6-4-5-7-13-20/h8-11,15,18H,3-7,12-14H2,1-2H3. The molecule has 0 saturated carbocycles. The van der Waals surface area contributed by atoms with Crippen molar-refractivity contribution < 1.29 is 0 Å². The lowest BCUT2D eigenvalue weighted by Crippen LogP contribution is -2.28. The SMILES string of the molecule is CCC(C)c1ccc(C(Cl)CN2CCCCCC2)cc1. The zero-order valence-corrected chi connectivity index (χ0v) is 13.7. The van der Waals surface area contributed by atoms with Crippen molar-refractivity contribution in [2.24, 2.45) is 0 Å². The molecule has 0 N–H and O–H groups in total. The molecule has 0 aromatic heterocycles. The summed E-state index contributed by atoms with van der Waals surface area (Å²) in [7, 11) is 0. The van der Waals surface area contributed by atoms with Gasteiger partial charge in [0.15, 0.2) is 0 Å². The van der Waals surface area contributed by atoms with Crippen LogP contribution in [0.25, 0.3) is 0 Å². The van der Waals surface area contributed by atoms with E-state index in [1.54, 1.807) is 0 Å². The lowest BCUT2D eigenvalue weighted by molar-refractivity contribution is 0.285. The van der Waals surface area contributed by atoms with Gasteiger partial charge in [-0.15, -0.1) is 11.6 Å². The fourth-order valence-electron chi connectivity index (χ4n) is 2.92. The van der Waals surface area contributed by atoms with Gasteiger partial charge in [-0.05, 0) is 49.4 Å². The first-order valence-corrected chi connectivity index (χ1v) is 8.60. The number of hydrogen-bond acceptors (Lipinski definition) is 1. The predicted octanol–water partition coefficient (Wildman–Crippen LogP) is 5.36. The molecule has 0 amide bonds. The molecule has 1 nitrogen and oxygen atoms in total. The van der Waals surface area contributed by atoms with Crippen LogP contribution in [0.2, 0.25) is 0 Å². The zero-order chi connectivity index (χ0) is 14.4. The Balaban J connectivity index is 1.92. The molecule has 1 fully saturated rings. The first-order chi connectivity index (χ1) is 9.70. The molecular weight excluding hydrogens is 266 g/mol. The first kappa shape index (κ1) is 15.9. The summed E-state index contributed by atoms with van der Waals surface area (Å²) in [5, 5.41) is 0.124. The monoisotopic (exact) mass is 293 g/mol. The van der Waals surface area contributed by atoms with Gasteiger partial charge >= 0.3 is 0 Å². The molecule has 2 rings (SSSR count). The van der Waals surface area contributed by atoms with Gasteiger partial charge in [0.2, 0.25) is 0 Å². The molecule has 0 spiro atoms. The van der Waals surface area contributed by atoms with Crippen molar-refractivity contribution in [2.75, 3.05) is 19.6 Å². The van der Waals surface area contributed by atoms with Crippen LogP contribution < -0.4 is 0 Å². The zero-order valence-electron chi connectivity index (χ0n) is 12.9. The molecular formula is C18H28ClN. The fourth-order valence-corrected chi connectivity index (χ4v) is 3.26. The minimum atomic E-state index is 0.124. The number of alkyl halides is 1. The average molecular weight is 294 g/mol. The minimum Gasteiger partial charge on any atom is -0.302 e. The molecule has 1 heterocycles. The molecule has 1 aliphatic rings. The summed E-state index contributed by atoms with van der Waals surface area (Å²) in [5.41, 5.74) is 2.69. The van der Waals surface area contributed by atoms with E-state index >= 15 is 0 Å². The Morgan fingerprint density at radius 1 is 1.00 bits per heavy atom. The number of likely N-dealkylation sites (tertiary alicyclic amines) is 1. The van der Waals surface area contributed by atoms with Crippen molar-refractivity contribution in [1.29, 1.82) is 0 Å². The van der Waals surface area contributed by atoms with Gasteiger partial charge in [-0.1, -0.05) is 51.0 Å². The molecule has 0 radical (unpaired) electrons. The number of halogens is 1. The van der Waals surface area contributed by atoms with Crippen molar-refractivity contribution in [3.05, 3.63) is 35.4 Å². The average Bonchev–Trinajstić information content (AvgIpc) is 2.75. The van der Waals surface area contributed by atoms with Crippen LogP contribution in [0.1, 0.15) is 68.4 Å². The second-order valence-electron chi connectivity index (χ2n) is 6.16. The highest BCUT2D eigenvalue weighted by Gasteiger charge is 2.15. The first-order valence-electron chi connectivity index (χ1n) is 8.17. The molecule has 2 unspecified atom stereocenters. The van der Waals surface area contributed by atoms with Crippen molar-refractivity contribution >= 4 is 11.6 Å².